The predicted octanol–water partition coefficient (Wildman–Crippen LogP) is 4.20. The molecule has 0 unspecified atom stereocenters. The van der Waals surface area contributed by atoms with Gasteiger partial charge in [0, 0.05) is 11.1 Å². The average Bonchev–Trinajstić information content (AvgIpc) is 2.86. The summed E-state index contributed by atoms with van der Waals surface area (Å²) in [7, 11) is 0. The van der Waals surface area contributed by atoms with Gasteiger partial charge in [-0.2, -0.15) is 5.10 Å². The second kappa shape index (κ2) is 5.98. The quantitative estimate of drug-likeness (QED) is 0.920. The number of aliphatic hydroxyl groups excluding tert-OH is 1. The summed E-state index contributed by atoms with van der Waals surface area (Å²) >= 11 is 6.45. The van der Waals surface area contributed by atoms with Crippen LogP contribution >= 0.6 is 11.6 Å². The Hall–Kier alpha value is -1.32. The molecule has 0 bridgehead atoms. The number of hydrogen-bond donors (Lipinski definition) is 1. The maximum atomic E-state index is 9.63. The second-order valence-corrected chi connectivity index (χ2v) is 5.74. The zero-order valence-electron chi connectivity index (χ0n) is 11.4. The molecule has 106 valence electrons. The van der Waals surface area contributed by atoms with Crippen LogP contribution < -0.4 is 0 Å². The standard InChI is InChI=1S/C16H19ClN2O/c17-16-14(11-20)15(12-7-3-1-4-8-12)18-19(16)13-9-5-2-6-10-13/h1,3-4,7-8,13,20H,2,5-6,9-11H2. The third kappa shape index (κ3) is 2.48. The Morgan fingerprint density at radius 1 is 1.15 bits per heavy atom. The molecule has 0 saturated heterocycles. The van der Waals surface area contributed by atoms with Crippen molar-refractivity contribution < 1.29 is 5.11 Å². The van der Waals surface area contributed by atoms with Crippen LogP contribution in [0.3, 0.4) is 0 Å². The van der Waals surface area contributed by atoms with Crippen molar-refractivity contribution in [3.8, 4) is 11.3 Å². The Bertz CT molecular complexity index is 574. The lowest BCUT2D eigenvalue weighted by Crippen LogP contribution is -2.14. The minimum absolute atomic E-state index is 0.0736. The number of hydrogen-bond acceptors (Lipinski definition) is 2. The van der Waals surface area contributed by atoms with Gasteiger partial charge in [-0.05, 0) is 12.8 Å². The molecule has 4 heteroatoms. The number of benzene rings is 1. The van der Waals surface area contributed by atoms with Crippen molar-refractivity contribution in [1.29, 1.82) is 0 Å². The highest BCUT2D eigenvalue weighted by molar-refractivity contribution is 6.30. The fourth-order valence-electron chi connectivity index (χ4n) is 2.98. The van der Waals surface area contributed by atoms with Crippen LogP contribution in [0.15, 0.2) is 30.3 Å². The molecule has 0 radical (unpaired) electrons. The molecule has 2 aromatic rings. The third-order valence-corrected chi connectivity index (χ3v) is 4.47. The molecule has 3 rings (SSSR count). The van der Waals surface area contributed by atoms with Gasteiger partial charge < -0.3 is 5.11 Å². The van der Waals surface area contributed by atoms with Gasteiger partial charge >= 0.3 is 0 Å². The Balaban J connectivity index is 2.03. The topological polar surface area (TPSA) is 38.1 Å². The zero-order chi connectivity index (χ0) is 13.9. The van der Waals surface area contributed by atoms with Crippen molar-refractivity contribution in [3.05, 3.63) is 41.0 Å². The summed E-state index contributed by atoms with van der Waals surface area (Å²) in [5.41, 5.74) is 2.56. The van der Waals surface area contributed by atoms with Gasteiger partial charge in [-0.25, -0.2) is 4.68 Å². The highest BCUT2D eigenvalue weighted by Crippen LogP contribution is 2.35. The Morgan fingerprint density at radius 2 is 1.85 bits per heavy atom. The minimum Gasteiger partial charge on any atom is -0.391 e. The van der Waals surface area contributed by atoms with E-state index in [1.165, 1.54) is 19.3 Å². The van der Waals surface area contributed by atoms with E-state index in [0.717, 1.165) is 29.7 Å². The van der Waals surface area contributed by atoms with Crippen molar-refractivity contribution in [2.45, 2.75) is 44.8 Å². The van der Waals surface area contributed by atoms with E-state index < -0.39 is 0 Å². The van der Waals surface area contributed by atoms with Gasteiger partial charge in [0.05, 0.1) is 18.3 Å². The summed E-state index contributed by atoms with van der Waals surface area (Å²) in [6.45, 7) is -0.0736. The average molecular weight is 291 g/mol. The first kappa shape index (κ1) is 13.7. The number of halogens is 1. The molecule has 1 aromatic carbocycles. The maximum Gasteiger partial charge on any atom is 0.133 e. The monoisotopic (exact) mass is 290 g/mol. The van der Waals surface area contributed by atoms with Gasteiger partial charge in [0.1, 0.15) is 5.15 Å². The first-order valence-electron chi connectivity index (χ1n) is 7.24. The van der Waals surface area contributed by atoms with Crippen LogP contribution in [0.4, 0.5) is 0 Å². The van der Waals surface area contributed by atoms with Gasteiger partial charge in [-0.1, -0.05) is 61.2 Å². The zero-order valence-corrected chi connectivity index (χ0v) is 12.2. The lowest BCUT2D eigenvalue weighted by Gasteiger charge is -2.22. The van der Waals surface area contributed by atoms with Gasteiger partial charge in [0.2, 0.25) is 0 Å². The van der Waals surface area contributed by atoms with E-state index >= 15 is 0 Å². The molecule has 0 spiro atoms. The predicted molar refractivity (Wildman–Crippen MR) is 80.7 cm³/mol. The van der Waals surface area contributed by atoms with Crippen LogP contribution in [0.1, 0.15) is 43.7 Å². The molecule has 1 aromatic heterocycles. The molecule has 1 N–H and O–H groups in total. The van der Waals surface area contributed by atoms with Gasteiger partial charge in [-0.3, -0.25) is 0 Å². The van der Waals surface area contributed by atoms with E-state index in [1.807, 2.05) is 35.0 Å². The summed E-state index contributed by atoms with van der Waals surface area (Å²) in [6.07, 6.45) is 6.01. The van der Waals surface area contributed by atoms with E-state index in [9.17, 15) is 5.11 Å². The summed E-state index contributed by atoms with van der Waals surface area (Å²) in [5.74, 6) is 0. The SMILES string of the molecule is OCc1c(-c2ccccc2)nn(C2CCCCC2)c1Cl. The smallest absolute Gasteiger partial charge is 0.133 e. The number of aliphatic hydroxyl groups is 1. The van der Waals surface area contributed by atoms with Crippen LogP contribution in [-0.2, 0) is 6.61 Å². The van der Waals surface area contributed by atoms with Gasteiger partial charge in [0.25, 0.3) is 0 Å². The third-order valence-electron chi connectivity index (χ3n) is 4.07. The van der Waals surface area contributed by atoms with E-state index in [1.54, 1.807) is 0 Å². The van der Waals surface area contributed by atoms with Crippen LogP contribution in [0.5, 0.6) is 0 Å². The highest BCUT2D eigenvalue weighted by atomic mass is 35.5. The summed E-state index contributed by atoms with van der Waals surface area (Å²) in [4.78, 5) is 0. The Kier molecular flexibility index (Phi) is 4.08. The van der Waals surface area contributed by atoms with Crippen molar-refractivity contribution in [2.75, 3.05) is 0 Å². The summed E-state index contributed by atoms with van der Waals surface area (Å²) in [6, 6.07) is 10.3. The van der Waals surface area contributed by atoms with E-state index in [-0.39, 0.29) is 6.61 Å². The molecule has 1 aliphatic rings. The molecule has 20 heavy (non-hydrogen) atoms. The van der Waals surface area contributed by atoms with Crippen molar-refractivity contribution in [2.24, 2.45) is 0 Å². The van der Waals surface area contributed by atoms with Crippen molar-refractivity contribution in [1.82, 2.24) is 9.78 Å². The molecule has 1 fully saturated rings. The van der Waals surface area contributed by atoms with E-state index in [4.69, 9.17) is 16.7 Å². The van der Waals surface area contributed by atoms with Crippen LogP contribution in [-0.4, -0.2) is 14.9 Å². The molecular formula is C16H19ClN2O. The van der Waals surface area contributed by atoms with Crippen LogP contribution in [0, 0.1) is 0 Å². The minimum atomic E-state index is -0.0736. The summed E-state index contributed by atoms with van der Waals surface area (Å²) in [5, 5.41) is 14.9. The maximum absolute atomic E-state index is 9.63. The first-order chi connectivity index (χ1) is 9.81. The molecule has 1 heterocycles. The molecule has 0 aliphatic heterocycles. The number of aromatic nitrogens is 2. The lowest BCUT2D eigenvalue weighted by atomic mass is 9.96. The molecule has 0 amide bonds. The molecule has 1 aliphatic carbocycles. The first-order valence-corrected chi connectivity index (χ1v) is 7.62. The molecule has 1 saturated carbocycles. The highest BCUT2D eigenvalue weighted by Gasteiger charge is 2.23. The van der Waals surface area contributed by atoms with E-state index in [0.29, 0.717) is 11.2 Å². The Morgan fingerprint density at radius 3 is 2.50 bits per heavy atom. The second-order valence-electron chi connectivity index (χ2n) is 5.38. The normalized spacial score (nSPS) is 16.5. The molecular weight excluding hydrogens is 272 g/mol. The van der Waals surface area contributed by atoms with Crippen LogP contribution in [0.2, 0.25) is 5.15 Å². The largest absolute Gasteiger partial charge is 0.391 e. The number of rotatable bonds is 3. The molecule has 3 nitrogen and oxygen atoms in total. The fourth-order valence-corrected chi connectivity index (χ4v) is 3.31. The fraction of sp³-hybridized carbons (Fsp3) is 0.438. The molecule has 0 atom stereocenters. The van der Waals surface area contributed by atoms with Crippen molar-refractivity contribution >= 4 is 11.6 Å². The lowest BCUT2D eigenvalue weighted by molar-refractivity contribution is 0.281. The Labute approximate surface area is 124 Å². The van der Waals surface area contributed by atoms with Gasteiger partial charge in [-0.15, -0.1) is 0 Å². The number of nitrogens with zero attached hydrogens (tertiary/aromatic N) is 2. The van der Waals surface area contributed by atoms with E-state index in [2.05, 4.69) is 0 Å². The van der Waals surface area contributed by atoms with Crippen LogP contribution in [0.25, 0.3) is 11.3 Å². The van der Waals surface area contributed by atoms with Crippen molar-refractivity contribution in [3.63, 3.8) is 0 Å². The van der Waals surface area contributed by atoms with Gasteiger partial charge in [0.15, 0.2) is 0 Å². The summed E-state index contributed by atoms with van der Waals surface area (Å²) < 4.78 is 1.93.